The Morgan fingerprint density at radius 3 is 2.50 bits per heavy atom. The Hall–Kier alpha value is -1.23. The van der Waals surface area contributed by atoms with Crippen molar-refractivity contribution in [3.05, 3.63) is 28.8 Å². The summed E-state index contributed by atoms with van der Waals surface area (Å²) in [7, 11) is -2.36. The lowest BCUT2D eigenvalue weighted by molar-refractivity contribution is -0.0598. The van der Waals surface area contributed by atoms with Gasteiger partial charge in [0.2, 0.25) is 10.0 Å². The number of nitrogens with zero attached hydrogens (tertiary/aromatic N) is 2. The summed E-state index contributed by atoms with van der Waals surface area (Å²) in [5, 5.41) is 11.1. The molecule has 2 heterocycles. The summed E-state index contributed by atoms with van der Waals surface area (Å²) >= 11 is 6.16. The summed E-state index contributed by atoms with van der Waals surface area (Å²) in [4.78, 5) is 16.7. The highest BCUT2D eigenvalue weighted by Gasteiger charge is 2.36. The third-order valence-corrected chi connectivity index (χ3v) is 7.09. The lowest BCUT2D eigenvalue weighted by Gasteiger charge is -2.41. The fourth-order valence-electron chi connectivity index (χ4n) is 3.58. The van der Waals surface area contributed by atoms with Crippen molar-refractivity contribution < 1.29 is 23.1 Å². The first-order valence-corrected chi connectivity index (χ1v) is 11.2. The van der Waals surface area contributed by atoms with E-state index in [-0.39, 0.29) is 21.4 Å². The molecule has 0 spiro atoms. The number of ether oxygens (including phenoxy) is 1. The summed E-state index contributed by atoms with van der Waals surface area (Å²) < 4.78 is 31.6. The Balaban J connectivity index is 1.67. The van der Waals surface area contributed by atoms with Crippen LogP contribution in [0.15, 0.2) is 23.1 Å². The minimum atomic E-state index is -3.67. The molecular formula is C18H26ClN3O5S. The van der Waals surface area contributed by atoms with Crippen molar-refractivity contribution in [2.24, 2.45) is 0 Å². The molecule has 10 heteroatoms. The predicted octanol–water partition coefficient (Wildman–Crippen LogP) is 0.547. The van der Waals surface area contributed by atoms with Gasteiger partial charge in [-0.1, -0.05) is 11.6 Å². The number of hydrogen-bond acceptors (Lipinski definition) is 6. The van der Waals surface area contributed by atoms with E-state index in [4.69, 9.17) is 16.3 Å². The van der Waals surface area contributed by atoms with Gasteiger partial charge in [-0.3, -0.25) is 9.69 Å². The Morgan fingerprint density at radius 2 is 1.89 bits per heavy atom. The molecule has 8 nitrogen and oxygen atoms in total. The number of aliphatic hydroxyl groups is 1. The monoisotopic (exact) mass is 431 g/mol. The highest BCUT2D eigenvalue weighted by atomic mass is 35.5. The fourth-order valence-corrected chi connectivity index (χ4v) is 4.54. The maximum absolute atomic E-state index is 12.9. The molecule has 0 bridgehead atoms. The largest absolute Gasteiger partial charge is 0.388 e. The van der Waals surface area contributed by atoms with Crippen molar-refractivity contribution in [2.75, 3.05) is 53.0 Å². The van der Waals surface area contributed by atoms with Crippen LogP contribution < -0.4 is 4.72 Å². The number of sulfonamides is 1. The van der Waals surface area contributed by atoms with E-state index in [1.54, 1.807) is 4.90 Å². The summed E-state index contributed by atoms with van der Waals surface area (Å²) in [6.07, 6.45) is 0.921. The Bertz CT molecular complexity index is 819. The predicted molar refractivity (Wildman–Crippen MR) is 105 cm³/mol. The summed E-state index contributed by atoms with van der Waals surface area (Å²) in [6, 6.07) is 4.07. The van der Waals surface area contributed by atoms with Gasteiger partial charge in [0.05, 0.1) is 34.3 Å². The molecule has 2 N–H and O–H groups in total. The molecule has 2 fully saturated rings. The Kier molecular flexibility index (Phi) is 6.63. The van der Waals surface area contributed by atoms with Gasteiger partial charge in [0.15, 0.2) is 0 Å². The number of amides is 1. The standard InChI is InChI=1S/C18H26ClN3O5S/c1-20-28(25,26)14-2-3-16(19)15(12-14)17(23)22-6-4-18(24,5-7-22)13-21-8-10-27-11-9-21/h2-3,12,20,24H,4-11,13H2,1H3. The van der Waals surface area contributed by atoms with Gasteiger partial charge in [-0.25, -0.2) is 13.1 Å². The maximum atomic E-state index is 12.9. The lowest BCUT2D eigenvalue weighted by atomic mass is 9.90. The molecule has 2 aliphatic rings. The van der Waals surface area contributed by atoms with Crippen LogP contribution in [0.4, 0.5) is 0 Å². The van der Waals surface area contributed by atoms with Crippen molar-refractivity contribution >= 4 is 27.5 Å². The molecule has 0 aliphatic carbocycles. The number of β-amino-alcohol motifs (C(OH)–C–C–N with tert-alkyl or cyclic N) is 1. The van der Waals surface area contributed by atoms with E-state index in [2.05, 4.69) is 9.62 Å². The summed E-state index contributed by atoms with van der Waals surface area (Å²) in [5.41, 5.74) is -0.688. The molecule has 0 unspecified atom stereocenters. The zero-order valence-electron chi connectivity index (χ0n) is 15.9. The van der Waals surface area contributed by atoms with Crippen LogP contribution in [0, 0.1) is 0 Å². The van der Waals surface area contributed by atoms with E-state index in [9.17, 15) is 18.3 Å². The van der Waals surface area contributed by atoms with Crippen LogP contribution in [-0.2, 0) is 14.8 Å². The number of carbonyl (C=O) groups excluding carboxylic acids is 1. The normalized spacial score (nSPS) is 20.9. The molecule has 0 aromatic heterocycles. The number of rotatable bonds is 5. The number of morpholine rings is 1. The second kappa shape index (κ2) is 8.64. The van der Waals surface area contributed by atoms with Gasteiger partial charge < -0.3 is 14.7 Å². The quantitative estimate of drug-likeness (QED) is 0.706. The highest BCUT2D eigenvalue weighted by Crippen LogP contribution is 2.27. The van der Waals surface area contributed by atoms with Gasteiger partial charge in [-0.15, -0.1) is 0 Å². The van der Waals surface area contributed by atoms with Crippen molar-refractivity contribution in [2.45, 2.75) is 23.3 Å². The number of hydrogen-bond donors (Lipinski definition) is 2. The van der Waals surface area contributed by atoms with E-state index in [1.807, 2.05) is 0 Å². The van der Waals surface area contributed by atoms with Crippen LogP contribution in [-0.4, -0.2) is 87.8 Å². The zero-order chi connectivity index (χ0) is 20.4. The molecule has 1 aromatic carbocycles. The molecule has 0 radical (unpaired) electrons. The van der Waals surface area contributed by atoms with Gasteiger partial charge in [-0.05, 0) is 38.1 Å². The zero-order valence-corrected chi connectivity index (χ0v) is 17.4. The van der Waals surface area contributed by atoms with Crippen molar-refractivity contribution in [3.63, 3.8) is 0 Å². The topological polar surface area (TPSA) is 99.2 Å². The van der Waals surface area contributed by atoms with E-state index < -0.39 is 15.6 Å². The van der Waals surface area contributed by atoms with Crippen LogP contribution in [0.5, 0.6) is 0 Å². The fraction of sp³-hybridized carbons (Fsp3) is 0.611. The molecule has 1 amide bonds. The second-order valence-electron chi connectivity index (χ2n) is 7.25. The number of halogens is 1. The highest BCUT2D eigenvalue weighted by molar-refractivity contribution is 7.89. The SMILES string of the molecule is CNS(=O)(=O)c1ccc(Cl)c(C(=O)N2CCC(O)(CN3CCOCC3)CC2)c1. The van der Waals surface area contributed by atoms with Crippen LogP contribution in [0.25, 0.3) is 0 Å². The van der Waals surface area contributed by atoms with Crippen LogP contribution >= 0.6 is 11.6 Å². The molecule has 3 rings (SSSR count). The molecule has 1 aromatic rings. The van der Waals surface area contributed by atoms with Gasteiger partial charge in [0.1, 0.15) is 0 Å². The molecule has 2 saturated heterocycles. The average molecular weight is 432 g/mol. The Labute approximate surface area is 170 Å². The van der Waals surface area contributed by atoms with Crippen molar-refractivity contribution in [1.82, 2.24) is 14.5 Å². The molecule has 28 heavy (non-hydrogen) atoms. The van der Waals surface area contributed by atoms with Crippen molar-refractivity contribution in [1.29, 1.82) is 0 Å². The number of benzene rings is 1. The first-order chi connectivity index (χ1) is 13.2. The van der Waals surface area contributed by atoms with Gasteiger partial charge in [0, 0.05) is 32.7 Å². The molecule has 2 aliphatic heterocycles. The van der Waals surface area contributed by atoms with E-state index in [0.29, 0.717) is 45.7 Å². The van der Waals surface area contributed by atoms with Crippen molar-refractivity contribution in [3.8, 4) is 0 Å². The maximum Gasteiger partial charge on any atom is 0.255 e. The molecule has 0 saturated carbocycles. The lowest BCUT2D eigenvalue weighted by Crippen LogP contribution is -2.53. The van der Waals surface area contributed by atoms with Gasteiger partial charge in [-0.2, -0.15) is 0 Å². The van der Waals surface area contributed by atoms with Gasteiger partial charge >= 0.3 is 0 Å². The molecule has 156 valence electrons. The first kappa shape index (κ1) is 21.5. The minimum Gasteiger partial charge on any atom is -0.388 e. The van der Waals surface area contributed by atoms with Crippen LogP contribution in [0.3, 0.4) is 0 Å². The molecule has 0 atom stereocenters. The Morgan fingerprint density at radius 1 is 1.25 bits per heavy atom. The number of carbonyl (C=O) groups is 1. The smallest absolute Gasteiger partial charge is 0.255 e. The first-order valence-electron chi connectivity index (χ1n) is 9.29. The third kappa shape index (κ3) is 4.84. The number of piperidine rings is 1. The average Bonchev–Trinajstić information content (AvgIpc) is 2.69. The van der Waals surface area contributed by atoms with Crippen LogP contribution in [0.1, 0.15) is 23.2 Å². The van der Waals surface area contributed by atoms with Crippen LogP contribution in [0.2, 0.25) is 5.02 Å². The van der Waals surface area contributed by atoms with E-state index in [1.165, 1.54) is 25.2 Å². The van der Waals surface area contributed by atoms with E-state index in [0.717, 1.165) is 13.1 Å². The minimum absolute atomic E-state index is 0.0106. The van der Waals surface area contributed by atoms with E-state index >= 15 is 0 Å². The summed E-state index contributed by atoms with van der Waals surface area (Å²) in [5.74, 6) is -0.327. The third-order valence-electron chi connectivity index (χ3n) is 5.35. The molecular weight excluding hydrogens is 406 g/mol. The number of likely N-dealkylation sites (tertiary alicyclic amines) is 1. The summed E-state index contributed by atoms with van der Waals surface area (Å²) in [6.45, 7) is 4.28. The van der Waals surface area contributed by atoms with Gasteiger partial charge in [0.25, 0.3) is 5.91 Å². The number of nitrogens with one attached hydrogen (secondary N) is 1. The second-order valence-corrected chi connectivity index (χ2v) is 9.55.